The summed E-state index contributed by atoms with van der Waals surface area (Å²) in [5.41, 5.74) is 1.69. The number of aromatic nitrogens is 4. The minimum absolute atomic E-state index is 0.117. The average molecular weight is 366 g/mol. The number of ether oxygens (including phenoxy) is 1. The van der Waals surface area contributed by atoms with Gasteiger partial charge in [-0.1, -0.05) is 24.3 Å². The van der Waals surface area contributed by atoms with Gasteiger partial charge < -0.3 is 9.30 Å². The summed E-state index contributed by atoms with van der Waals surface area (Å²) in [6, 6.07) is 7.59. The molecule has 0 unspecified atom stereocenters. The van der Waals surface area contributed by atoms with Gasteiger partial charge in [0.25, 0.3) is 5.56 Å². The van der Waals surface area contributed by atoms with Crippen LogP contribution in [0.2, 0.25) is 0 Å². The predicted molar refractivity (Wildman–Crippen MR) is 103 cm³/mol. The number of allylic oxidation sites excluding steroid dienone is 1. The normalized spacial score (nSPS) is 16.9. The third-order valence-corrected chi connectivity index (χ3v) is 4.99. The van der Waals surface area contributed by atoms with Gasteiger partial charge in [-0.05, 0) is 31.4 Å². The summed E-state index contributed by atoms with van der Waals surface area (Å²) in [6.45, 7) is 7.04. The molecular weight excluding hydrogens is 344 g/mol. The highest BCUT2D eigenvalue weighted by Gasteiger charge is 2.23. The quantitative estimate of drug-likeness (QED) is 0.648. The number of aryl methyl sites for hydroxylation is 1. The Morgan fingerprint density at radius 1 is 1.33 bits per heavy atom. The lowest BCUT2D eigenvalue weighted by Crippen LogP contribution is -2.42. The smallest absolute Gasteiger partial charge is 0.337 e. The van der Waals surface area contributed by atoms with E-state index in [9.17, 15) is 9.59 Å². The Morgan fingerprint density at radius 2 is 2.15 bits per heavy atom. The molecule has 0 saturated carbocycles. The van der Waals surface area contributed by atoms with Crippen LogP contribution in [0.1, 0.15) is 18.4 Å². The molecule has 3 heterocycles. The van der Waals surface area contributed by atoms with Crippen molar-refractivity contribution in [1.29, 1.82) is 0 Å². The van der Waals surface area contributed by atoms with Crippen molar-refractivity contribution in [3.05, 3.63) is 69.6 Å². The number of rotatable bonds is 5. The molecule has 7 heteroatoms. The van der Waals surface area contributed by atoms with Crippen LogP contribution in [0.5, 0.6) is 0 Å². The maximum Gasteiger partial charge on any atom is 0.337 e. The molecule has 0 bridgehead atoms. The van der Waals surface area contributed by atoms with Crippen molar-refractivity contribution in [2.75, 3.05) is 6.61 Å². The second-order valence-corrected chi connectivity index (χ2v) is 6.81. The lowest BCUT2D eigenvalue weighted by molar-refractivity contribution is 0.0950. The zero-order valence-corrected chi connectivity index (χ0v) is 15.3. The molecule has 0 radical (unpaired) electrons. The summed E-state index contributed by atoms with van der Waals surface area (Å²) in [5, 5.41) is 0. The first-order valence-corrected chi connectivity index (χ1v) is 9.11. The maximum atomic E-state index is 13.3. The summed E-state index contributed by atoms with van der Waals surface area (Å²) >= 11 is 0. The molecule has 1 saturated heterocycles. The Morgan fingerprint density at radius 3 is 2.85 bits per heavy atom. The summed E-state index contributed by atoms with van der Waals surface area (Å²) in [6.07, 6.45) is 4.96. The Kier molecular flexibility index (Phi) is 4.53. The number of fused-ring (bicyclic) bond motifs is 1. The number of hydrogen-bond donors (Lipinski definition) is 0. The van der Waals surface area contributed by atoms with Crippen LogP contribution in [0, 0.1) is 6.92 Å². The lowest BCUT2D eigenvalue weighted by Gasteiger charge is -2.16. The van der Waals surface area contributed by atoms with Gasteiger partial charge in [0.2, 0.25) is 0 Å². The van der Waals surface area contributed by atoms with E-state index in [2.05, 4.69) is 11.6 Å². The van der Waals surface area contributed by atoms with Crippen molar-refractivity contribution in [3.8, 4) is 5.69 Å². The Balaban J connectivity index is 2.03. The topological polar surface area (TPSA) is 71.1 Å². The van der Waals surface area contributed by atoms with Gasteiger partial charge in [0.15, 0.2) is 11.2 Å². The molecule has 3 aromatic rings. The molecule has 1 atom stereocenters. The molecule has 1 aliphatic heterocycles. The fourth-order valence-electron chi connectivity index (χ4n) is 3.64. The largest absolute Gasteiger partial charge is 0.376 e. The molecule has 2 aromatic heterocycles. The van der Waals surface area contributed by atoms with Crippen LogP contribution in [0.4, 0.5) is 0 Å². The highest BCUT2D eigenvalue weighted by atomic mass is 16.5. The Labute approximate surface area is 156 Å². The van der Waals surface area contributed by atoms with Crippen LogP contribution < -0.4 is 11.2 Å². The number of imidazole rings is 1. The van der Waals surface area contributed by atoms with Crippen LogP contribution >= 0.6 is 0 Å². The average Bonchev–Trinajstić information content (AvgIpc) is 3.31. The Bertz CT molecular complexity index is 1120. The van der Waals surface area contributed by atoms with E-state index in [4.69, 9.17) is 4.74 Å². The SMILES string of the molecule is C=CCn1cnc2c1c(=O)n(C[C@H]1CCCO1)c(=O)n2-c1ccccc1C. The minimum atomic E-state index is -0.388. The number of para-hydroxylation sites is 1. The summed E-state index contributed by atoms with van der Waals surface area (Å²) in [4.78, 5) is 30.9. The fraction of sp³-hybridized carbons (Fsp3) is 0.350. The third kappa shape index (κ3) is 2.94. The zero-order chi connectivity index (χ0) is 19.0. The molecule has 0 N–H and O–H groups in total. The third-order valence-electron chi connectivity index (χ3n) is 4.99. The van der Waals surface area contributed by atoms with Gasteiger partial charge in [-0.3, -0.25) is 9.36 Å². The van der Waals surface area contributed by atoms with Crippen molar-refractivity contribution in [1.82, 2.24) is 18.7 Å². The standard InChI is InChI=1S/C20H22N4O3/c1-3-10-22-13-21-18-17(22)19(25)23(12-15-8-6-11-27-15)20(26)24(18)16-9-5-4-7-14(16)2/h3-5,7,9,13,15H,1,6,8,10-12H2,2H3/t15-/m1/s1. The van der Waals surface area contributed by atoms with E-state index in [-0.39, 0.29) is 23.9 Å². The van der Waals surface area contributed by atoms with Gasteiger partial charge in [0.05, 0.1) is 24.7 Å². The highest BCUT2D eigenvalue weighted by molar-refractivity contribution is 5.72. The highest BCUT2D eigenvalue weighted by Crippen LogP contribution is 2.18. The molecule has 1 aromatic carbocycles. The summed E-state index contributed by atoms with van der Waals surface area (Å²) < 4.78 is 10.2. The van der Waals surface area contributed by atoms with Crippen molar-refractivity contribution >= 4 is 11.2 Å². The molecule has 140 valence electrons. The van der Waals surface area contributed by atoms with Crippen LogP contribution in [0.25, 0.3) is 16.9 Å². The number of nitrogens with zero attached hydrogens (tertiary/aromatic N) is 4. The summed E-state index contributed by atoms with van der Waals surface area (Å²) in [5.74, 6) is 0. The first-order valence-electron chi connectivity index (χ1n) is 9.11. The molecular formula is C20H22N4O3. The van der Waals surface area contributed by atoms with E-state index in [0.717, 1.165) is 24.1 Å². The molecule has 0 aliphatic carbocycles. The molecule has 0 spiro atoms. The van der Waals surface area contributed by atoms with Gasteiger partial charge >= 0.3 is 5.69 Å². The predicted octanol–water partition coefficient (Wildman–Crippen LogP) is 2.02. The van der Waals surface area contributed by atoms with Crippen LogP contribution in [0.15, 0.2) is 52.8 Å². The van der Waals surface area contributed by atoms with Crippen LogP contribution in [-0.4, -0.2) is 31.4 Å². The molecule has 4 rings (SSSR count). The van der Waals surface area contributed by atoms with Crippen molar-refractivity contribution in [2.24, 2.45) is 0 Å². The molecule has 27 heavy (non-hydrogen) atoms. The van der Waals surface area contributed by atoms with Gasteiger partial charge in [-0.2, -0.15) is 0 Å². The molecule has 7 nitrogen and oxygen atoms in total. The first-order chi connectivity index (χ1) is 13.1. The lowest BCUT2D eigenvalue weighted by atomic mass is 10.2. The number of benzene rings is 1. The van der Waals surface area contributed by atoms with Crippen LogP contribution in [-0.2, 0) is 17.8 Å². The fourth-order valence-corrected chi connectivity index (χ4v) is 3.64. The van der Waals surface area contributed by atoms with E-state index < -0.39 is 0 Å². The van der Waals surface area contributed by atoms with Gasteiger partial charge in [0, 0.05) is 13.2 Å². The van der Waals surface area contributed by atoms with Gasteiger partial charge in [-0.15, -0.1) is 6.58 Å². The second-order valence-electron chi connectivity index (χ2n) is 6.81. The monoisotopic (exact) mass is 366 g/mol. The van der Waals surface area contributed by atoms with E-state index >= 15 is 0 Å². The Hall–Kier alpha value is -2.93. The van der Waals surface area contributed by atoms with Crippen molar-refractivity contribution < 1.29 is 4.74 Å². The van der Waals surface area contributed by atoms with Gasteiger partial charge in [0.1, 0.15) is 0 Å². The van der Waals surface area contributed by atoms with E-state index in [0.29, 0.717) is 24.3 Å². The minimum Gasteiger partial charge on any atom is -0.376 e. The maximum absolute atomic E-state index is 13.3. The first kappa shape index (κ1) is 17.5. The summed E-state index contributed by atoms with van der Waals surface area (Å²) in [7, 11) is 0. The van der Waals surface area contributed by atoms with E-state index in [1.165, 1.54) is 9.13 Å². The van der Waals surface area contributed by atoms with Crippen LogP contribution in [0.3, 0.4) is 0 Å². The molecule has 1 aliphatic rings. The second kappa shape index (κ2) is 7.00. The number of hydrogen-bond acceptors (Lipinski definition) is 4. The van der Waals surface area contributed by atoms with E-state index in [1.54, 1.807) is 17.0 Å². The zero-order valence-electron chi connectivity index (χ0n) is 15.3. The van der Waals surface area contributed by atoms with E-state index in [1.807, 2.05) is 31.2 Å². The van der Waals surface area contributed by atoms with Crippen molar-refractivity contribution in [3.63, 3.8) is 0 Å². The van der Waals surface area contributed by atoms with Crippen molar-refractivity contribution in [2.45, 2.75) is 39.0 Å². The molecule has 1 fully saturated rings. The van der Waals surface area contributed by atoms with Gasteiger partial charge in [-0.25, -0.2) is 14.3 Å². The molecule has 0 amide bonds.